The molecular weight excluding hydrogens is 416 g/mol. The van der Waals surface area contributed by atoms with E-state index in [2.05, 4.69) is 35.0 Å². The van der Waals surface area contributed by atoms with E-state index in [0.29, 0.717) is 45.2 Å². The number of carbonyl (C=O) groups excluding carboxylic acids is 4. The van der Waals surface area contributed by atoms with E-state index in [1.165, 1.54) is 13.8 Å². The summed E-state index contributed by atoms with van der Waals surface area (Å²) in [5.41, 5.74) is 0. The van der Waals surface area contributed by atoms with Crippen molar-refractivity contribution in [2.45, 2.75) is 101 Å². The number of hydrogen-bond acceptors (Lipinski definition) is 8. The molecular formula is C24H48O8. The molecule has 0 N–H and O–H groups in total. The van der Waals surface area contributed by atoms with Crippen LogP contribution in [0.15, 0.2) is 0 Å². The van der Waals surface area contributed by atoms with Crippen LogP contribution in [0.3, 0.4) is 0 Å². The van der Waals surface area contributed by atoms with Crippen molar-refractivity contribution in [1.29, 1.82) is 0 Å². The zero-order chi connectivity index (χ0) is 25.8. The summed E-state index contributed by atoms with van der Waals surface area (Å²) in [6.07, 6.45) is 4.91. The molecule has 0 unspecified atom stereocenters. The third-order valence-electron chi connectivity index (χ3n) is 3.16. The van der Waals surface area contributed by atoms with Gasteiger partial charge in [-0.3, -0.25) is 19.2 Å². The highest BCUT2D eigenvalue weighted by molar-refractivity contribution is 5.69. The molecule has 32 heavy (non-hydrogen) atoms. The van der Waals surface area contributed by atoms with E-state index in [4.69, 9.17) is 4.74 Å². The molecule has 192 valence electrons. The van der Waals surface area contributed by atoms with Crippen molar-refractivity contribution in [1.82, 2.24) is 0 Å². The number of unbranched alkanes of at least 4 members (excludes halogenated alkanes) is 1. The fourth-order valence-corrected chi connectivity index (χ4v) is 1.50. The molecule has 0 spiro atoms. The normalized spacial score (nSPS) is 8.94. The fourth-order valence-electron chi connectivity index (χ4n) is 1.50. The minimum absolute atomic E-state index is 0.0880. The maximum absolute atomic E-state index is 10.4. The van der Waals surface area contributed by atoms with Gasteiger partial charge in [0.15, 0.2) is 0 Å². The van der Waals surface area contributed by atoms with E-state index in [9.17, 15) is 19.2 Å². The van der Waals surface area contributed by atoms with E-state index in [1.807, 2.05) is 13.8 Å². The highest BCUT2D eigenvalue weighted by Crippen LogP contribution is 1.98. The molecule has 0 aromatic heterocycles. The van der Waals surface area contributed by atoms with Crippen molar-refractivity contribution in [3.05, 3.63) is 0 Å². The highest BCUT2D eigenvalue weighted by Gasteiger charge is 1.96. The summed E-state index contributed by atoms with van der Waals surface area (Å²) in [4.78, 5) is 40.9. The number of carbonyl (C=O) groups is 4. The van der Waals surface area contributed by atoms with Gasteiger partial charge in [-0.05, 0) is 39.0 Å². The van der Waals surface area contributed by atoms with Gasteiger partial charge in [-0.1, -0.05) is 41.0 Å². The van der Waals surface area contributed by atoms with Crippen LogP contribution < -0.4 is 0 Å². The minimum Gasteiger partial charge on any atom is -0.466 e. The largest absolute Gasteiger partial charge is 0.466 e. The van der Waals surface area contributed by atoms with E-state index in [-0.39, 0.29) is 23.9 Å². The Hall–Kier alpha value is -2.12. The zero-order valence-electron chi connectivity index (χ0n) is 21.9. The molecule has 0 aromatic carbocycles. The number of rotatable bonds is 11. The van der Waals surface area contributed by atoms with Crippen LogP contribution in [-0.2, 0) is 38.1 Å². The second kappa shape index (κ2) is 31.1. The van der Waals surface area contributed by atoms with E-state index >= 15 is 0 Å². The van der Waals surface area contributed by atoms with Crippen molar-refractivity contribution in [2.75, 3.05) is 26.4 Å². The van der Waals surface area contributed by atoms with Crippen LogP contribution in [0.5, 0.6) is 0 Å². The molecule has 8 heteroatoms. The summed E-state index contributed by atoms with van der Waals surface area (Å²) in [6, 6.07) is 0. The molecule has 0 saturated carbocycles. The average molecular weight is 465 g/mol. The Kier molecular flexibility index (Phi) is 36.1. The van der Waals surface area contributed by atoms with Gasteiger partial charge in [0.2, 0.25) is 0 Å². The predicted molar refractivity (Wildman–Crippen MR) is 126 cm³/mol. The van der Waals surface area contributed by atoms with Crippen LogP contribution in [0.2, 0.25) is 0 Å². The predicted octanol–water partition coefficient (Wildman–Crippen LogP) is 5.25. The summed E-state index contributed by atoms with van der Waals surface area (Å²) in [7, 11) is 0. The molecule has 0 radical (unpaired) electrons. The van der Waals surface area contributed by atoms with Gasteiger partial charge in [-0.15, -0.1) is 0 Å². The lowest BCUT2D eigenvalue weighted by molar-refractivity contribution is -0.143. The molecule has 0 saturated heterocycles. The highest BCUT2D eigenvalue weighted by atomic mass is 16.5. The number of hydrogen-bond donors (Lipinski definition) is 0. The summed E-state index contributed by atoms with van der Waals surface area (Å²) in [6.45, 7) is 18.6. The van der Waals surface area contributed by atoms with Gasteiger partial charge in [0.1, 0.15) is 0 Å². The summed E-state index contributed by atoms with van der Waals surface area (Å²) >= 11 is 0. The Balaban J connectivity index is -0.000000164. The molecule has 0 aromatic rings. The first-order chi connectivity index (χ1) is 15.0. The molecule has 0 heterocycles. The average Bonchev–Trinajstić information content (AvgIpc) is 2.69. The van der Waals surface area contributed by atoms with Crippen molar-refractivity contribution < 1.29 is 38.1 Å². The maximum atomic E-state index is 10.4. The fraction of sp³-hybridized carbons (Fsp3) is 0.833. The SMILES string of the molecule is CC(=O)OCCC(C)C.CCCC(=O)OCC.CCCCOC(C)=O.CCOC(=O)CC. The Bertz CT molecular complexity index is 439. The molecule has 0 fully saturated rings. The third-order valence-corrected chi connectivity index (χ3v) is 3.16. The molecule has 0 aliphatic rings. The Morgan fingerprint density at radius 3 is 1.44 bits per heavy atom. The quantitative estimate of drug-likeness (QED) is 0.232. The van der Waals surface area contributed by atoms with Crippen molar-refractivity contribution >= 4 is 23.9 Å². The lowest BCUT2D eigenvalue weighted by Crippen LogP contribution is -2.02. The van der Waals surface area contributed by atoms with Gasteiger partial charge < -0.3 is 18.9 Å². The molecule has 0 rings (SSSR count). The van der Waals surface area contributed by atoms with E-state index in [1.54, 1.807) is 13.8 Å². The molecule has 8 nitrogen and oxygen atoms in total. The summed E-state index contributed by atoms with van der Waals surface area (Å²) in [5, 5.41) is 0. The smallest absolute Gasteiger partial charge is 0.305 e. The van der Waals surface area contributed by atoms with Crippen LogP contribution in [0.4, 0.5) is 0 Å². The first kappa shape index (κ1) is 37.2. The van der Waals surface area contributed by atoms with Gasteiger partial charge in [-0.25, -0.2) is 0 Å². The lowest BCUT2D eigenvalue weighted by Gasteiger charge is -2.02. The van der Waals surface area contributed by atoms with Crippen LogP contribution in [0.25, 0.3) is 0 Å². The van der Waals surface area contributed by atoms with Gasteiger partial charge >= 0.3 is 23.9 Å². The van der Waals surface area contributed by atoms with E-state index in [0.717, 1.165) is 25.7 Å². The first-order valence-corrected chi connectivity index (χ1v) is 11.6. The van der Waals surface area contributed by atoms with Crippen molar-refractivity contribution in [3.8, 4) is 0 Å². The Morgan fingerprint density at radius 2 is 1.12 bits per heavy atom. The van der Waals surface area contributed by atoms with Crippen molar-refractivity contribution in [2.24, 2.45) is 5.92 Å². The van der Waals surface area contributed by atoms with Crippen LogP contribution in [0, 0.1) is 5.92 Å². The maximum Gasteiger partial charge on any atom is 0.305 e. The summed E-state index contributed by atoms with van der Waals surface area (Å²) in [5.74, 6) is 0.0379. The molecule has 0 atom stereocenters. The van der Waals surface area contributed by atoms with Gasteiger partial charge in [0.05, 0.1) is 26.4 Å². The molecule has 0 amide bonds. The van der Waals surface area contributed by atoms with E-state index < -0.39 is 0 Å². The van der Waals surface area contributed by atoms with Crippen molar-refractivity contribution in [3.63, 3.8) is 0 Å². The van der Waals surface area contributed by atoms with Crippen LogP contribution in [0.1, 0.15) is 101 Å². The van der Waals surface area contributed by atoms with Gasteiger partial charge in [-0.2, -0.15) is 0 Å². The Labute approximate surface area is 195 Å². The van der Waals surface area contributed by atoms with Gasteiger partial charge in [0, 0.05) is 26.7 Å². The molecule has 0 bridgehead atoms. The number of esters is 4. The molecule has 0 aliphatic heterocycles. The second-order valence-corrected chi connectivity index (χ2v) is 6.93. The first-order valence-electron chi connectivity index (χ1n) is 11.6. The van der Waals surface area contributed by atoms with Crippen LogP contribution in [-0.4, -0.2) is 50.3 Å². The standard InChI is InChI=1S/C7H14O2.2C6H12O2.C5H10O2/c1-6(2)4-5-9-7(3)8;1-3-4-5-8-6(2)7;1-3-5-6(7)8-4-2;1-3-5(6)7-4-2/h6H,4-5H2,1-3H3;2*3-5H2,1-2H3;3-4H2,1-2H3. The Morgan fingerprint density at radius 1 is 0.656 bits per heavy atom. The minimum atomic E-state index is -0.185. The summed E-state index contributed by atoms with van der Waals surface area (Å²) < 4.78 is 18.6. The third kappa shape index (κ3) is 51.0. The van der Waals surface area contributed by atoms with Crippen LogP contribution >= 0.6 is 0 Å². The molecule has 0 aliphatic carbocycles. The lowest BCUT2D eigenvalue weighted by atomic mass is 10.1. The van der Waals surface area contributed by atoms with Gasteiger partial charge in [0.25, 0.3) is 0 Å². The number of ether oxygens (including phenoxy) is 4. The second-order valence-electron chi connectivity index (χ2n) is 6.93. The topological polar surface area (TPSA) is 105 Å². The monoisotopic (exact) mass is 464 g/mol. The zero-order valence-corrected chi connectivity index (χ0v) is 21.9.